The minimum atomic E-state index is 0.114. The molecule has 0 aliphatic rings. The van der Waals surface area contributed by atoms with Gasteiger partial charge in [-0.1, -0.05) is 11.3 Å². The quantitative estimate of drug-likeness (QED) is 0.888. The van der Waals surface area contributed by atoms with E-state index < -0.39 is 0 Å². The summed E-state index contributed by atoms with van der Waals surface area (Å²) in [5.74, 6) is 0. The van der Waals surface area contributed by atoms with Crippen LogP contribution < -0.4 is 4.90 Å². The van der Waals surface area contributed by atoms with Crippen LogP contribution in [0.1, 0.15) is 6.92 Å². The molecule has 1 atom stereocenters. The van der Waals surface area contributed by atoms with Gasteiger partial charge in [-0.05, 0) is 22.9 Å². The lowest BCUT2D eigenvalue weighted by Gasteiger charge is -2.21. The maximum absolute atomic E-state index is 8.90. The Morgan fingerprint density at radius 1 is 1.83 bits per heavy atom. The summed E-state index contributed by atoms with van der Waals surface area (Å²) in [5, 5.41) is 9.82. The molecular weight excluding hydrogens is 240 g/mol. The number of aliphatic hydroxyl groups is 1. The first-order valence-corrected chi connectivity index (χ1v) is 5.21. The normalized spacial score (nSPS) is 13.0. The first kappa shape index (κ1) is 9.95. The first-order valence-electron chi connectivity index (χ1n) is 3.60. The molecule has 0 spiro atoms. The van der Waals surface area contributed by atoms with E-state index in [4.69, 9.17) is 5.11 Å². The van der Waals surface area contributed by atoms with Gasteiger partial charge in [0.05, 0.1) is 22.6 Å². The number of nitrogens with zero attached hydrogens (tertiary/aromatic N) is 2. The fourth-order valence-corrected chi connectivity index (χ4v) is 1.97. The van der Waals surface area contributed by atoms with Gasteiger partial charge in [-0.2, -0.15) is 0 Å². The Kier molecular flexibility index (Phi) is 3.49. The van der Waals surface area contributed by atoms with Gasteiger partial charge in [0, 0.05) is 7.05 Å². The monoisotopic (exact) mass is 250 g/mol. The molecule has 68 valence electrons. The molecule has 0 saturated heterocycles. The molecule has 12 heavy (non-hydrogen) atoms. The van der Waals surface area contributed by atoms with Gasteiger partial charge in [0.2, 0.25) is 0 Å². The van der Waals surface area contributed by atoms with Gasteiger partial charge in [0.1, 0.15) is 0 Å². The van der Waals surface area contributed by atoms with E-state index in [2.05, 4.69) is 20.9 Å². The number of aromatic nitrogens is 1. The van der Waals surface area contributed by atoms with E-state index in [1.165, 1.54) is 0 Å². The van der Waals surface area contributed by atoms with Gasteiger partial charge in [-0.3, -0.25) is 0 Å². The van der Waals surface area contributed by atoms with Crippen molar-refractivity contribution in [3.8, 4) is 0 Å². The molecule has 1 N–H and O–H groups in total. The van der Waals surface area contributed by atoms with Crippen LogP contribution in [0.3, 0.4) is 0 Å². The highest BCUT2D eigenvalue weighted by Gasteiger charge is 2.11. The molecule has 0 radical (unpaired) electrons. The van der Waals surface area contributed by atoms with Gasteiger partial charge < -0.3 is 10.0 Å². The summed E-state index contributed by atoms with van der Waals surface area (Å²) >= 11 is 4.90. The average molecular weight is 251 g/mol. The first-order chi connectivity index (χ1) is 5.65. The van der Waals surface area contributed by atoms with Gasteiger partial charge in [0.15, 0.2) is 5.13 Å². The van der Waals surface area contributed by atoms with Crippen LogP contribution in [0.2, 0.25) is 0 Å². The lowest BCUT2D eigenvalue weighted by molar-refractivity contribution is 0.270. The van der Waals surface area contributed by atoms with E-state index in [1.54, 1.807) is 17.5 Å². The second-order valence-electron chi connectivity index (χ2n) is 2.59. The summed E-state index contributed by atoms with van der Waals surface area (Å²) in [4.78, 5) is 6.12. The SMILES string of the molecule is C[C@@H](CO)N(C)c1ncc(Br)s1. The number of hydrogen-bond acceptors (Lipinski definition) is 4. The zero-order chi connectivity index (χ0) is 9.14. The topological polar surface area (TPSA) is 36.4 Å². The predicted molar refractivity (Wildman–Crippen MR) is 54.8 cm³/mol. The zero-order valence-electron chi connectivity index (χ0n) is 6.99. The number of anilines is 1. The van der Waals surface area contributed by atoms with E-state index in [0.717, 1.165) is 8.92 Å². The highest BCUT2D eigenvalue weighted by molar-refractivity contribution is 9.11. The number of hydrogen-bond donors (Lipinski definition) is 1. The summed E-state index contributed by atoms with van der Waals surface area (Å²) in [5.41, 5.74) is 0. The van der Waals surface area contributed by atoms with Crippen LogP contribution in [0, 0.1) is 0 Å². The summed E-state index contributed by atoms with van der Waals surface area (Å²) in [6, 6.07) is 0.114. The molecule has 3 nitrogen and oxygen atoms in total. The molecule has 5 heteroatoms. The molecule has 0 saturated carbocycles. The molecule has 0 amide bonds. The molecule has 1 heterocycles. The van der Waals surface area contributed by atoms with Gasteiger partial charge in [-0.25, -0.2) is 4.98 Å². The zero-order valence-corrected chi connectivity index (χ0v) is 9.39. The van der Waals surface area contributed by atoms with Crippen LogP contribution >= 0.6 is 27.3 Å². The summed E-state index contributed by atoms with van der Waals surface area (Å²) in [6.07, 6.45) is 1.76. The van der Waals surface area contributed by atoms with Gasteiger partial charge in [0.25, 0.3) is 0 Å². The molecule has 0 aliphatic heterocycles. The molecule has 0 aromatic carbocycles. The third-order valence-electron chi connectivity index (χ3n) is 1.69. The smallest absolute Gasteiger partial charge is 0.186 e. The van der Waals surface area contributed by atoms with E-state index in [1.807, 2.05) is 18.9 Å². The van der Waals surface area contributed by atoms with Crippen LogP contribution in [0.15, 0.2) is 9.98 Å². The minimum Gasteiger partial charge on any atom is -0.394 e. The van der Waals surface area contributed by atoms with Crippen molar-refractivity contribution in [2.75, 3.05) is 18.6 Å². The van der Waals surface area contributed by atoms with Crippen molar-refractivity contribution in [2.24, 2.45) is 0 Å². The Morgan fingerprint density at radius 2 is 2.50 bits per heavy atom. The van der Waals surface area contributed by atoms with Crippen LogP contribution in [-0.2, 0) is 0 Å². The Balaban J connectivity index is 2.70. The standard InChI is InChI=1S/C7H11BrN2OS/c1-5(4-11)10(2)7-9-3-6(8)12-7/h3,5,11H,4H2,1-2H3/t5-/m0/s1. The lowest BCUT2D eigenvalue weighted by Crippen LogP contribution is -2.31. The molecule has 0 aliphatic carbocycles. The summed E-state index contributed by atoms with van der Waals surface area (Å²) in [6.45, 7) is 2.10. The summed E-state index contributed by atoms with van der Waals surface area (Å²) < 4.78 is 1.01. The molecule has 0 fully saturated rings. The Hall–Kier alpha value is -0.130. The van der Waals surface area contributed by atoms with Crippen molar-refractivity contribution in [3.63, 3.8) is 0 Å². The van der Waals surface area contributed by atoms with Gasteiger partial charge >= 0.3 is 0 Å². The second-order valence-corrected chi connectivity index (χ2v) is 4.98. The van der Waals surface area contributed by atoms with Crippen molar-refractivity contribution in [1.82, 2.24) is 4.98 Å². The Morgan fingerprint density at radius 3 is 2.92 bits per heavy atom. The fourth-order valence-electron chi connectivity index (χ4n) is 0.720. The molecule has 1 rings (SSSR count). The fraction of sp³-hybridized carbons (Fsp3) is 0.571. The third-order valence-corrected chi connectivity index (χ3v) is 3.26. The number of rotatable bonds is 3. The largest absolute Gasteiger partial charge is 0.394 e. The molecule has 1 aromatic heterocycles. The van der Waals surface area contributed by atoms with Crippen LogP contribution in [0.25, 0.3) is 0 Å². The van der Waals surface area contributed by atoms with E-state index in [0.29, 0.717) is 0 Å². The second kappa shape index (κ2) is 4.20. The maximum Gasteiger partial charge on any atom is 0.186 e. The number of likely N-dealkylation sites (N-methyl/N-ethyl adjacent to an activating group) is 1. The highest BCUT2D eigenvalue weighted by atomic mass is 79.9. The minimum absolute atomic E-state index is 0.114. The molecular formula is C7H11BrN2OS. The Labute approximate surface area is 84.2 Å². The van der Waals surface area contributed by atoms with Crippen LogP contribution in [0.4, 0.5) is 5.13 Å². The number of thiazole rings is 1. The van der Waals surface area contributed by atoms with Crippen LogP contribution in [-0.4, -0.2) is 29.8 Å². The predicted octanol–water partition coefficient (Wildman–Crippen LogP) is 1.72. The lowest BCUT2D eigenvalue weighted by atomic mass is 10.3. The van der Waals surface area contributed by atoms with Crippen molar-refractivity contribution in [3.05, 3.63) is 9.98 Å². The van der Waals surface area contributed by atoms with Crippen molar-refractivity contribution < 1.29 is 5.11 Å². The van der Waals surface area contributed by atoms with Crippen molar-refractivity contribution in [2.45, 2.75) is 13.0 Å². The van der Waals surface area contributed by atoms with E-state index in [9.17, 15) is 0 Å². The third kappa shape index (κ3) is 2.18. The molecule has 0 unspecified atom stereocenters. The molecule has 1 aromatic rings. The van der Waals surface area contributed by atoms with Crippen molar-refractivity contribution in [1.29, 1.82) is 0 Å². The van der Waals surface area contributed by atoms with E-state index >= 15 is 0 Å². The maximum atomic E-state index is 8.90. The molecule has 0 bridgehead atoms. The summed E-state index contributed by atoms with van der Waals surface area (Å²) in [7, 11) is 1.92. The Bertz CT molecular complexity index is 253. The number of aliphatic hydroxyl groups excluding tert-OH is 1. The van der Waals surface area contributed by atoms with E-state index in [-0.39, 0.29) is 12.6 Å². The van der Waals surface area contributed by atoms with Gasteiger partial charge in [-0.15, -0.1) is 0 Å². The van der Waals surface area contributed by atoms with Crippen molar-refractivity contribution >= 4 is 32.4 Å². The average Bonchev–Trinajstić information content (AvgIpc) is 2.49. The highest BCUT2D eigenvalue weighted by Crippen LogP contribution is 2.26. The van der Waals surface area contributed by atoms with Crippen LogP contribution in [0.5, 0.6) is 0 Å². The number of halogens is 1.